The van der Waals surface area contributed by atoms with Crippen molar-refractivity contribution < 1.29 is 4.79 Å². The van der Waals surface area contributed by atoms with E-state index in [-0.39, 0.29) is 18.0 Å². The number of aromatic nitrogens is 2. The van der Waals surface area contributed by atoms with Crippen molar-refractivity contribution in [1.29, 1.82) is 0 Å². The number of fused-ring (bicyclic) bond motifs is 1. The van der Waals surface area contributed by atoms with Crippen LogP contribution in [0.5, 0.6) is 0 Å². The Bertz CT molecular complexity index is 763. The van der Waals surface area contributed by atoms with Crippen molar-refractivity contribution >= 4 is 17.3 Å². The SMILES string of the molecule is O=C(CN1CNc2c1[nH]c(=O)[nH]c2=O)c1ccccc1. The standard InChI is InChI=1S/C13H12N4O3/c18-9(8-4-2-1-3-5-8)6-17-7-14-10-11(17)15-13(20)16-12(10)19/h1-5,14H,6-7H2,(H2,15,16,19,20). The maximum absolute atomic E-state index is 12.1. The van der Waals surface area contributed by atoms with Gasteiger partial charge in [-0.05, 0) is 0 Å². The van der Waals surface area contributed by atoms with E-state index in [4.69, 9.17) is 0 Å². The smallest absolute Gasteiger partial charge is 0.327 e. The van der Waals surface area contributed by atoms with Crippen molar-refractivity contribution in [3.63, 3.8) is 0 Å². The Hall–Kier alpha value is -2.83. The van der Waals surface area contributed by atoms with Crippen LogP contribution in [0.4, 0.5) is 11.5 Å². The molecule has 2 aromatic rings. The lowest BCUT2D eigenvalue weighted by atomic mass is 10.1. The molecule has 1 aliphatic rings. The highest BCUT2D eigenvalue weighted by atomic mass is 16.2. The van der Waals surface area contributed by atoms with Crippen LogP contribution < -0.4 is 21.5 Å². The van der Waals surface area contributed by atoms with Crippen LogP contribution in [0.2, 0.25) is 0 Å². The zero-order chi connectivity index (χ0) is 14.1. The summed E-state index contributed by atoms with van der Waals surface area (Å²) in [4.78, 5) is 41.3. The van der Waals surface area contributed by atoms with E-state index in [2.05, 4.69) is 15.3 Å². The average molecular weight is 272 g/mol. The minimum atomic E-state index is -0.588. The molecule has 0 fully saturated rings. The Morgan fingerprint density at radius 3 is 2.65 bits per heavy atom. The molecule has 102 valence electrons. The quantitative estimate of drug-likeness (QED) is 0.690. The molecule has 0 saturated carbocycles. The highest BCUT2D eigenvalue weighted by Gasteiger charge is 2.24. The number of rotatable bonds is 3. The van der Waals surface area contributed by atoms with E-state index in [9.17, 15) is 14.4 Å². The van der Waals surface area contributed by atoms with Crippen LogP contribution >= 0.6 is 0 Å². The molecule has 0 radical (unpaired) electrons. The van der Waals surface area contributed by atoms with Gasteiger partial charge in [0.05, 0.1) is 13.2 Å². The highest BCUT2D eigenvalue weighted by Crippen LogP contribution is 2.23. The summed E-state index contributed by atoms with van der Waals surface area (Å²) >= 11 is 0. The normalized spacial score (nSPS) is 12.9. The summed E-state index contributed by atoms with van der Waals surface area (Å²) in [5, 5.41) is 2.86. The van der Waals surface area contributed by atoms with Gasteiger partial charge in [0.2, 0.25) is 0 Å². The van der Waals surface area contributed by atoms with Crippen LogP contribution in [-0.4, -0.2) is 29.0 Å². The highest BCUT2D eigenvalue weighted by molar-refractivity contribution is 5.99. The average Bonchev–Trinajstić information content (AvgIpc) is 2.83. The first kappa shape index (κ1) is 12.2. The molecule has 0 saturated heterocycles. The predicted molar refractivity (Wildman–Crippen MR) is 74.3 cm³/mol. The molecule has 0 bridgehead atoms. The minimum absolute atomic E-state index is 0.0821. The number of carbonyl (C=O) groups is 1. The van der Waals surface area contributed by atoms with Crippen LogP contribution in [0.25, 0.3) is 0 Å². The van der Waals surface area contributed by atoms with Crippen LogP contribution in [0.3, 0.4) is 0 Å². The molecule has 0 amide bonds. The summed E-state index contributed by atoms with van der Waals surface area (Å²) in [5.74, 6) is 0.268. The lowest BCUT2D eigenvalue weighted by Crippen LogP contribution is -2.31. The van der Waals surface area contributed by atoms with Crippen molar-refractivity contribution in [1.82, 2.24) is 9.97 Å². The maximum Gasteiger partial charge on any atom is 0.327 e. The third-order valence-electron chi connectivity index (χ3n) is 3.12. The number of nitrogens with one attached hydrogen (secondary N) is 3. The van der Waals surface area contributed by atoms with Crippen molar-refractivity contribution in [3.05, 3.63) is 56.7 Å². The third-order valence-corrected chi connectivity index (χ3v) is 3.12. The minimum Gasteiger partial charge on any atom is -0.360 e. The largest absolute Gasteiger partial charge is 0.360 e. The molecular formula is C13H12N4O3. The zero-order valence-electron chi connectivity index (χ0n) is 10.5. The van der Waals surface area contributed by atoms with Gasteiger partial charge in [0.1, 0.15) is 11.5 Å². The first-order valence-corrected chi connectivity index (χ1v) is 6.09. The van der Waals surface area contributed by atoms with Gasteiger partial charge in [-0.3, -0.25) is 19.6 Å². The van der Waals surface area contributed by atoms with Crippen molar-refractivity contribution in [3.8, 4) is 0 Å². The summed E-state index contributed by atoms with van der Waals surface area (Å²) in [6.45, 7) is 0.389. The fourth-order valence-corrected chi connectivity index (χ4v) is 2.15. The van der Waals surface area contributed by atoms with Crippen LogP contribution in [0.1, 0.15) is 10.4 Å². The van der Waals surface area contributed by atoms with Crippen molar-refractivity contribution in [2.24, 2.45) is 0 Å². The first-order chi connectivity index (χ1) is 9.65. The van der Waals surface area contributed by atoms with Gasteiger partial charge in [0.15, 0.2) is 5.78 Å². The van der Waals surface area contributed by atoms with Gasteiger partial charge in [-0.15, -0.1) is 0 Å². The molecule has 20 heavy (non-hydrogen) atoms. The Morgan fingerprint density at radius 1 is 1.15 bits per heavy atom. The predicted octanol–water partition coefficient (Wildman–Crippen LogP) is 0.135. The van der Waals surface area contributed by atoms with E-state index < -0.39 is 11.2 Å². The molecule has 3 N–H and O–H groups in total. The van der Waals surface area contributed by atoms with Crippen LogP contribution in [0.15, 0.2) is 39.9 Å². The fraction of sp³-hybridized carbons (Fsp3) is 0.154. The molecule has 1 aromatic carbocycles. The molecule has 2 heterocycles. The molecule has 7 heteroatoms. The van der Waals surface area contributed by atoms with E-state index in [1.54, 1.807) is 29.2 Å². The number of benzene rings is 1. The topological polar surface area (TPSA) is 98.1 Å². The van der Waals surface area contributed by atoms with Gasteiger partial charge in [-0.1, -0.05) is 30.3 Å². The van der Waals surface area contributed by atoms with E-state index in [0.717, 1.165) is 0 Å². The maximum atomic E-state index is 12.1. The number of H-pyrrole nitrogens is 2. The van der Waals surface area contributed by atoms with E-state index in [0.29, 0.717) is 18.1 Å². The molecular weight excluding hydrogens is 260 g/mol. The Labute approximate surface area is 113 Å². The zero-order valence-corrected chi connectivity index (χ0v) is 10.5. The van der Waals surface area contributed by atoms with Gasteiger partial charge in [0, 0.05) is 5.56 Å². The van der Waals surface area contributed by atoms with Crippen molar-refractivity contribution in [2.45, 2.75) is 0 Å². The monoisotopic (exact) mass is 272 g/mol. The van der Waals surface area contributed by atoms with Gasteiger partial charge >= 0.3 is 5.69 Å². The lowest BCUT2D eigenvalue weighted by molar-refractivity contribution is 0.0999. The number of aromatic amines is 2. The second-order valence-electron chi connectivity index (χ2n) is 4.45. The first-order valence-electron chi connectivity index (χ1n) is 6.09. The van der Waals surface area contributed by atoms with Gasteiger partial charge in [-0.25, -0.2) is 4.79 Å². The summed E-state index contributed by atoms with van der Waals surface area (Å²) in [5.41, 5.74) is -0.202. The number of carbonyl (C=O) groups excluding carboxylic acids is 1. The number of Topliss-reactive ketones (excluding diaryl/α,β-unsaturated/α-hetero) is 1. The van der Waals surface area contributed by atoms with Gasteiger partial charge < -0.3 is 10.2 Å². The van der Waals surface area contributed by atoms with Gasteiger partial charge in [0.25, 0.3) is 5.56 Å². The van der Waals surface area contributed by atoms with Crippen LogP contribution in [0, 0.1) is 0 Å². The van der Waals surface area contributed by atoms with Gasteiger partial charge in [-0.2, -0.15) is 0 Å². The third kappa shape index (κ3) is 2.09. The van der Waals surface area contributed by atoms with E-state index >= 15 is 0 Å². The molecule has 0 atom stereocenters. The second kappa shape index (κ2) is 4.69. The summed E-state index contributed by atoms with van der Waals surface area (Å²) in [6, 6.07) is 8.87. The summed E-state index contributed by atoms with van der Waals surface area (Å²) < 4.78 is 0. The Morgan fingerprint density at radius 2 is 1.90 bits per heavy atom. The molecule has 0 spiro atoms. The Kier molecular flexibility index (Phi) is 2.86. The molecule has 7 nitrogen and oxygen atoms in total. The number of nitrogens with zero attached hydrogens (tertiary/aromatic N) is 1. The molecule has 3 rings (SSSR count). The van der Waals surface area contributed by atoms with Crippen molar-refractivity contribution in [2.75, 3.05) is 23.4 Å². The van der Waals surface area contributed by atoms with E-state index in [1.165, 1.54) is 0 Å². The van der Waals surface area contributed by atoms with E-state index in [1.807, 2.05) is 6.07 Å². The number of anilines is 2. The molecule has 1 aliphatic heterocycles. The summed E-state index contributed by atoms with van der Waals surface area (Å²) in [7, 11) is 0. The number of hydrogen-bond donors (Lipinski definition) is 3. The summed E-state index contributed by atoms with van der Waals surface area (Å²) in [6.07, 6.45) is 0. The molecule has 0 aliphatic carbocycles. The fourth-order valence-electron chi connectivity index (χ4n) is 2.15. The number of ketones is 1. The Balaban J connectivity index is 1.88. The molecule has 1 aromatic heterocycles. The number of hydrogen-bond acceptors (Lipinski definition) is 5. The lowest BCUT2D eigenvalue weighted by Gasteiger charge is -2.15. The second-order valence-corrected chi connectivity index (χ2v) is 4.45. The molecule has 0 unspecified atom stereocenters. The van der Waals surface area contributed by atoms with Crippen LogP contribution in [-0.2, 0) is 0 Å².